The van der Waals surface area contributed by atoms with Gasteiger partial charge in [-0.05, 0) is 55.4 Å². The van der Waals surface area contributed by atoms with E-state index in [-0.39, 0.29) is 18.4 Å². The van der Waals surface area contributed by atoms with Crippen LogP contribution in [0.1, 0.15) is 25.7 Å². The van der Waals surface area contributed by atoms with Gasteiger partial charge in [-0.25, -0.2) is 9.50 Å². The molecule has 9 heteroatoms. The predicted molar refractivity (Wildman–Crippen MR) is 102 cm³/mol. The lowest BCUT2D eigenvalue weighted by Gasteiger charge is -2.28. The highest BCUT2D eigenvalue weighted by Gasteiger charge is 2.31. The summed E-state index contributed by atoms with van der Waals surface area (Å²) in [6.07, 6.45) is 2.46. The van der Waals surface area contributed by atoms with Gasteiger partial charge in [0.2, 0.25) is 0 Å². The fourth-order valence-electron chi connectivity index (χ4n) is 3.71. The Hall–Kier alpha value is -2.81. The highest BCUT2D eigenvalue weighted by molar-refractivity contribution is 5.78. The van der Waals surface area contributed by atoms with Crippen molar-refractivity contribution < 1.29 is 23.0 Å². The quantitative estimate of drug-likeness (QED) is 0.663. The van der Waals surface area contributed by atoms with E-state index in [9.17, 15) is 18.3 Å². The number of benzene rings is 1. The number of rotatable bonds is 5. The number of aliphatic hydroxyl groups is 1. The highest BCUT2D eigenvalue weighted by Crippen LogP contribution is 2.31. The van der Waals surface area contributed by atoms with Crippen molar-refractivity contribution in [2.75, 3.05) is 11.9 Å². The first-order valence-electron chi connectivity index (χ1n) is 9.49. The number of aliphatic hydroxyl groups excluding tert-OH is 1. The van der Waals surface area contributed by atoms with Crippen molar-refractivity contribution in [2.45, 2.75) is 38.1 Å². The van der Waals surface area contributed by atoms with Crippen LogP contribution in [-0.4, -0.2) is 38.7 Å². The first-order chi connectivity index (χ1) is 13.9. The van der Waals surface area contributed by atoms with Crippen LogP contribution in [0.15, 0.2) is 42.7 Å². The van der Waals surface area contributed by atoms with Gasteiger partial charge in [-0.15, -0.1) is 13.2 Å². The van der Waals surface area contributed by atoms with E-state index in [1.54, 1.807) is 23.0 Å². The molecule has 4 rings (SSSR count). The first-order valence-corrected chi connectivity index (χ1v) is 9.49. The lowest BCUT2D eigenvalue weighted by atomic mass is 9.86. The lowest BCUT2D eigenvalue weighted by Crippen LogP contribution is -2.27. The summed E-state index contributed by atoms with van der Waals surface area (Å²) in [4.78, 5) is 4.63. The molecule has 0 amide bonds. The molecule has 154 valence electrons. The van der Waals surface area contributed by atoms with Crippen LogP contribution >= 0.6 is 0 Å². The molecule has 2 aromatic heterocycles. The molecule has 6 nitrogen and oxygen atoms in total. The third-order valence-corrected chi connectivity index (χ3v) is 5.20. The average Bonchev–Trinajstić information content (AvgIpc) is 3.11. The minimum Gasteiger partial charge on any atom is -0.406 e. The minimum atomic E-state index is -4.75. The van der Waals surface area contributed by atoms with Crippen LogP contribution in [0, 0.1) is 5.92 Å². The Kier molecular flexibility index (Phi) is 5.31. The van der Waals surface area contributed by atoms with E-state index in [4.69, 9.17) is 0 Å². The van der Waals surface area contributed by atoms with E-state index < -0.39 is 6.36 Å². The molecule has 0 bridgehead atoms. The summed E-state index contributed by atoms with van der Waals surface area (Å²) >= 11 is 0. The Morgan fingerprint density at radius 3 is 2.69 bits per heavy atom. The zero-order valence-electron chi connectivity index (χ0n) is 15.6. The monoisotopic (exact) mass is 406 g/mol. The largest absolute Gasteiger partial charge is 0.573 e. The summed E-state index contributed by atoms with van der Waals surface area (Å²) in [5, 5.41) is 16.9. The third kappa shape index (κ3) is 4.61. The molecule has 0 radical (unpaired) electrons. The topological polar surface area (TPSA) is 71.7 Å². The van der Waals surface area contributed by atoms with Gasteiger partial charge in [-0.1, -0.05) is 12.1 Å². The Labute approximate surface area is 165 Å². The van der Waals surface area contributed by atoms with Gasteiger partial charge in [-0.2, -0.15) is 5.10 Å². The molecule has 0 atom stereocenters. The molecule has 0 aliphatic heterocycles. The number of hydrogen-bond donors (Lipinski definition) is 2. The molecular formula is C20H21F3N4O2. The number of halogens is 3. The molecule has 1 aromatic carbocycles. The second-order valence-electron chi connectivity index (χ2n) is 7.26. The zero-order chi connectivity index (χ0) is 20.4. The van der Waals surface area contributed by atoms with Crippen LogP contribution in [0.4, 0.5) is 19.0 Å². The number of nitrogens with zero attached hydrogens (tertiary/aromatic N) is 3. The van der Waals surface area contributed by atoms with Crippen molar-refractivity contribution in [3.05, 3.63) is 42.7 Å². The van der Waals surface area contributed by atoms with Crippen LogP contribution in [0.5, 0.6) is 5.75 Å². The average molecular weight is 406 g/mol. The SMILES string of the molecule is OCC1CCC(Nc2ccn3ncc(-c4cccc(OC(F)(F)F)c4)c3n2)CC1. The molecule has 0 unspecified atom stereocenters. The van der Waals surface area contributed by atoms with Crippen LogP contribution in [0.25, 0.3) is 16.8 Å². The highest BCUT2D eigenvalue weighted by atomic mass is 19.4. The normalized spacial score (nSPS) is 20.0. The Morgan fingerprint density at radius 1 is 1.17 bits per heavy atom. The molecule has 1 aliphatic rings. The van der Waals surface area contributed by atoms with Gasteiger partial charge in [0, 0.05) is 24.4 Å². The van der Waals surface area contributed by atoms with Gasteiger partial charge < -0.3 is 15.2 Å². The number of anilines is 1. The number of fused-ring (bicyclic) bond motifs is 1. The van der Waals surface area contributed by atoms with Crippen molar-refractivity contribution in [3.8, 4) is 16.9 Å². The molecule has 29 heavy (non-hydrogen) atoms. The van der Waals surface area contributed by atoms with Gasteiger partial charge in [0.15, 0.2) is 5.65 Å². The van der Waals surface area contributed by atoms with Crippen LogP contribution in [0.3, 0.4) is 0 Å². The summed E-state index contributed by atoms with van der Waals surface area (Å²) < 4.78 is 43.2. The summed E-state index contributed by atoms with van der Waals surface area (Å²) in [6.45, 7) is 0.229. The van der Waals surface area contributed by atoms with Crippen molar-refractivity contribution in [1.82, 2.24) is 14.6 Å². The summed E-state index contributed by atoms with van der Waals surface area (Å²) in [6, 6.07) is 7.88. The fraction of sp³-hybridized carbons (Fsp3) is 0.400. The van der Waals surface area contributed by atoms with E-state index >= 15 is 0 Å². The molecular weight excluding hydrogens is 385 g/mol. The summed E-state index contributed by atoms with van der Waals surface area (Å²) in [5.74, 6) is 0.773. The fourth-order valence-corrected chi connectivity index (χ4v) is 3.71. The summed E-state index contributed by atoms with van der Waals surface area (Å²) in [7, 11) is 0. The number of alkyl halides is 3. The van der Waals surface area contributed by atoms with Gasteiger partial charge in [0.05, 0.1) is 6.20 Å². The number of hydrogen-bond acceptors (Lipinski definition) is 5. The van der Waals surface area contributed by atoms with E-state index in [1.165, 1.54) is 18.2 Å². The smallest absolute Gasteiger partial charge is 0.406 e. The number of ether oxygens (including phenoxy) is 1. The first kappa shape index (κ1) is 19.5. The molecule has 3 aromatic rings. The second-order valence-corrected chi connectivity index (χ2v) is 7.26. The Balaban J connectivity index is 1.57. The van der Waals surface area contributed by atoms with E-state index in [2.05, 4.69) is 20.1 Å². The van der Waals surface area contributed by atoms with Gasteiger partial charge in [-0.3, -0.25) is 0 Å². The van der Waals surface area contributed by atoms with Crippen molar-refractivity contribution in [1.29, 1.82) is 0 Å². The number of aromatic nitrogens is 3. The zero-order valence-corrected chi connectivity index (χ0v) is 15.6. The Bertz CT molecular complexity index is 981. The van der Waals surface area contributed by atoms with E-state index in [0.29, 0.717) is 28.5 Å². The van der Waals surface area contributed by atoms with Gasteiger partial charge in [0.25, 0.3) is 0 Å². The molecule has 2 heterocycles. The van der Waals surface area contributed by atoms with Crippen molar-refractivity contribution in [2.24, 2.45) is 5.92 Å². The molecule has 2 N–H and O–H groups in total. The summed E-state index contributed by atoms with van der Waals surface area (Å²) in [5.41, 5.74) is 1.70. The predicted octanol–water partition coefficient (Wildman–Crippen LogP) is 4.26. The van der Waals surface area contributed by atoms with Crippen molar-refractivity contribution in [3.63, 3.8) is 0 Å². The second kappa shape index (κ2) is 7.90. The van der Waals surface area contributed by atoms with Crippen LogP contribution < -0.4 is 10.1 Å². The molecule has 0 saturated heterocycles. The lowest BCUT2D eigenvalue weighted by molar-refractivity contribution is -0.274. The van der Waals surface area contributed by atoms with Crippen LogP contribution in [0.2, 0.25) is 0 Å². The third-order valence-electron chi connectivity index (χ3n) is 5.20. The van der Waals surface area contributed by atoms with Crippen LogP contribution in [-0.2, 0) is 0 Å². The molecule has 0 spiro atoms. The maximum absolute atomic E-state index is 12.5. The molecule has 1 fully saturated rings. The molecule has 1 saturated carbocycles. The maximum atomic E-state index is 12.5. The molecule has 1 aliphatic carbocycles. The standard InChI is InChI=1S/C20H21F3N4O2/c21-20(22,23)29-16-3-1-2-14(10-16)17-11-24-27-9-8-18(26-19(17)27)25-15-6-4-13(12-28)5-7-15/h1-3,8-11,13,15,28H,4-7,12H2,(H,25,26). The number of nitrogens with one attached hydrogen (secondary N) is 1. The van der Waals surface area contributed by atoms with E-state index in [1.807, 2.05) is 6.07 Å². The van der Waals surface area contributed by atoms with Crippen molar-refractivity contribution >= 4 is 11.5 Å². The maximum Gasteiger partial charge on any atom is 0.573 e. The van der Waals surface area contributed by atoms with Gasteiger partial charge in [0.1, 0.15) is 11.6 Å². The Morgan fingerprint density at radius 2 is 1.97 bits per heavy atom. The minimum absolute atomic E-state index is 0.229. The van der Waals surface area contributed by atoms with E-state index in [0.717, 1.165) is 25.7 Å². The van der Waals surface area contributed by atoms with Gasteiger partial charge >= 0.3 is 6.36 Å².